The van der Waals surface area contributed by atoms with Crippen molar-refractivity contribution in [1.82, 2.24) is 19.5 Å². The van der Waals surface area contributed by atoms with Crippen molar-refractivity contribution in [1.29, 1.82) is 0 Å². The largest absolute Gasteiger partial charge is 4.00 e. The maximum Gasteiger partial charge on any atom is 4.00 e. The first kappa shape index (κ1) is 33.6. The predicted octanol–water partition coefficient (Wildman–Crippen LogP) is -4.74. The molecule has 37 heavy (non-hydrogen) atoms. The number of carbonyl (C=O) groups excluding carboxylic acids is 1. The van der Waals surface area contributed by atoms with Gasteiger partial charge >= 0.3 is 23.0 Å². The molecule has 0 saturated carbocycles. The van der Waals surface area contributed by atoms with Crippen LogP contribution in [0.4, 0.5) is 5.82 Å². The van der Waals surface area contributed by atoms with E-state index in [0.29, 0.717) is 0 Å². The topological polar surface area (TPSA) is 343 Å². The zero-order valence-electron chi connectivity index (χ0n) is 18.0. The van der Waals surface area contributed by atoms with Gasteiger partial charge in [-0.25, -0.2) is 19.3 Å². The van der Waals surface area contributed by atoms with E-state index in [0.717, 1.165) is 12.7 Å². The Morgan fingerprint density at radius 3 is 2.24 bits per heavy atom. The Labute approximate surface area is 216 Å². The maximum atomic E-state index is 11.6. The summed E-state index contributed by atoms with van der Waals surface area (Å²) in [4.78, 5) is 68.0. The van der Waals surface area contributed by atoms with Gasteiger partial charge in [0.15, 0.2) is 17.7 Å². The van der Waals surface area contributed by atoms with E-state index in [-0.39, 0.29) is 34.1 Å². The van der Waals surface area contributed by atoms with E-state index in [1.54, 1.807) is 0 Å². The van der Waals surface area contributed by atoms with Gasteiger partial charge in [-0.3, -0.25) is 22.8 Å². The van der Waals surface area contributed by atoms with E-state index in [1.807, 2.05) is 0 Å². The van der Waals surface area contributed by atoms with Gasteiger partial charge in [-0.2, -0.15) is 5.90 Å². The number of hydrogen-bond acceptors (Lipinski definition) is 20. The number of aliphatic hydroxyl groups is 2. The smallest absolute Gasteiger partial charge is 0.790 e. The molecule has 21 nitrogen and oxygen atoms in total. The van der Waals surface area contributed by atoms with E-state index in [2.05, 4.69) is 38.8 Å². The van der Waals surface area contributed by atoms with Gasteiger partial charge in [0.25, 0.3) is 15.6 Å². The van der Waals surface area contributed by atoms with Crippen LogP contribution in [-0.2, 0) is 58.3 Å². The van der Waals surface area contributed by atoms with Gasteiger partial charge in [-0.15, -0.1) is 0 Å². The molecule has 3 rings (SSSR count). The molecule has 1 fully saturated rings. The summed E-state index contributed by atoms with van der Waals surface area (Å²) in [6.07, 6.45) is -3.99. The minimum Gasteiger partial charge on any atom is -0.790 e. The van der Waals surface area contributed by atoms with Gasteiger partial charge in [0.2, 0.25) is 0 Å². The molecule has 2 aromatic heterocycles. The molecule has 0 spiro atoms. The number of phosphoric ester groups is 1. The molecule has 1 saturated heterocycles. The van der Waals surface area contributed by atoms with Gasteiger partial charge in [-0.1, -0.05) is 0 Å². The van der Waals surface area contributed by atoms with Crippen molar-refractivity contribution in [2.24, 2.45) is 5.90 Å². The Morgan fingerprint density at radius 1 is 1.11 bits per heavy atom. The number of carbonyl (C=O) groups is 1. The predicted molar refractivity (Wildman–Crippen MR) is 103 cm³/mol. The number of nitrogen functional groups attached to an aromatic ring is 1. The van der Waals surface area contributed by atoms with Crippen LogP contribution in [0.1, 0.15) is 13.2 Å². The molecule has 3 heterocycles. The molecule has 25 heteroatoms. The zero-order valence-corrected chi connectivity index (χ0v) is 21.9. The van der Waals surface area contributed by atoms with Crippen LogP contribution in [0.15, 0.2) is 12.7 Å². The number of rotatable bonds is 8. The van der Waals surface area contributed by atoms with Crippen molar-refractivity contribution >= 4 is 46.4 Å². The fourth-order valence-corrected chi connectivity index (χ4v) is 5.47. The number of hydrogen-bond donors (Lipinski definition) is 4. The van der Waals surface area contributed by atoms with Crippen molar-refractivity contribution in [3.63, 3.8) is 0 Å². The summed E-state index contributed by atoms with van der Waals surface area (Å²) < 4.78 is 50.2. The summed E-state index contributed by atoms with van der Waals surface area (Å²) in [5, 5.41) is 20.3. The summed E-state index contributed by atoms with van der Waals surface area (Å²) in [5.74, 6) is 3.87. The zero-order chi connectivity index (χ0) is 27.5. The van der Waals surface area contributed by atoms with Crippen LogP contribution in [0.25, 0.3) is 11.2 Å². The second kappa shape index (κ2) is 13.1. The Bertz CT molecular complexity index is 1230. The Kier molecular flexibility index (Phi) is 11.9. The van der Waals surface area contributed by atoms with Gasteiger partial charge in [0, 0.05) is 6.92 Å². The van der Waals surface area contributed by atoms with Crippen molar-refractivity contribution in [2.45, 2.75) is 31.5 Å². The van der Waals surface area contributed by atoms with Crippen LogP contribution >= 0.6 is 23.5 Å². The van der Waals surface area contributed by atoms with Crippen LogP contribution in [0, 0.1) is 0 Å². The summed E-state index contributed by atoms with van der Waals surface area (Å²) >= 11 is 0. The molecule has 207 valence electrons. The average Bonchev–Trinajstić information content (AvgIpc) is 3.27. The summed E-state index contributed by atoms with van der Waals surface area (Å²) in [7, 11) is -18.1. The standard InChI is InChI=1S/C10H16N5O13P3.C2H5NO2.Mn/c11-8-5-9(13-2-12-8)15(3-14-5)10-7(17)6(16)4(26-10)1-25-30(21,22)28-31(23,24)27-29(18,19)20;1-2(4)5-3;/h2-4,6-7,10,16-17H,1H2,(H,21,22)(H,23,24)(H2,11,12,13)(H2,18,19,20);3H2,1H3;/q;;+4/p-4/t4-,6-,7-,10-;;/m1../s1. The number of nitrogens with two attached hydrogens (primary N) is 2. The number of fused-ring (bicyclic) bond motifs is 1. The minimum absolute atomic E-state index is 0. The van der Waals surface area contributed by atoms with E-state index in [4.69, 9.17) is 10.5 Å². The van der Waals surface area contributed by atoms with E-state index >= 15 is 0 Å². The van der Waals surface area contributed by atoms with Crippen molar-refractivity contribution in [3.8, 4) is 0 Å². The molecule has 6 N–H and O–H groups in total. The van der Waals surface area contributed by atoms with Crippen molar-refractivity contribution in [3.05, 3.63) is 12.7 Å². The number of nitrogens with zero attached hydrogens (tertiary/aromatic N) is 4. The Morgan fingerprint density at radius 2 is 1.70 bits per heavy atom. The number of anilines is 1. The molecular weight excluding hydrogens is 616 g/mol. The number of aliphatic hydroxyl groups excluding tert-OH is 2. The molecule has 1 aliphatic rings. The van der Waals surface area contributed by atoms with E-state index < -0.39 is 60.6 Å². The molecule has 2 aromatic rings. The third-order valence-corrected chi connectivity index (χ3v) is 7.63. The summed E-state index contributed by atoms with van der Waals surface area (Å²) in [6.45, 7) is 0.158. The monoisotopic (exact) mass is 633 g/mol. The molecule has 2 unspecified atom stereocenters. The van der Waals surface area contributed by atoms with Crippen molar-refractivity contribution in [2.75, 3.05) is 12.3 Å². The first-order valence-electron chi connectivity index (χ1n) is 8.99. The fourth-order valence-electron chi connectivity index (χ4n) is 2.60. The van der Waals surface area contributed by atoms with Gasteiger partial charge in [0.05, 0.1) is 20.8 Å². The maximum absolute atomic E-state index is 11.6. The van der Waals surface area contributed by atoms with Crippen molar-refractivity contribution < 1.29 is 88.1 Å². The van der Waals surface area contributed by atoms with Crippen LogP contribution in [0.3, 0.4) is 0 Å². The van der Waals surface area contributed by atoms with Crippen LogP contribution in [0.2, 0.25) is 0 Å². The second-order valence-corrected chi connectivity index (χ2v) is 10.8. The Balaban J connectivity index is 0.00000104. The van der Waals surface area contributed by atoms with Gasteiger partial charge in [0.1, 0.15) is 30.2 Å². The first-order chi connectivity index (χ1) is 16.5. The third-order valence-electron chi connectivity index (χ3n) is 3.96. The Hall–Kier alpha value is -1.41. The number of aromatic nitrogens is 4. The fraction of sp³-hybridized carbons (Fsp3) is 0.500. The van der Waals surface area contributed by atoms with Crippen LogP contribution in [0.5, 0.6) is 0 Å². The first-order valence-corrected chi connectivity index (χ1v) is 13.4. The molecular formula is C12H17MnN6O15P3. The van der Waals surface area contributed by atoms with Crippen LogP contribution in [-0.4, -0.2) is 60.6 Å². The molecule has 0 aliphatic carbocycles. The minimum atomic E-state index is -6.14. The normalized spacial score (nSPS) is 24.8. The summed E-state index contributed by atoms with van der Waals surface area (Å²) in [6, 6.07) is 0. The van der Waals surface area contributed by atoms with E-state index in [9.17, 15) is 48.3 Å². The molecule has 1 aliphatic heterocycles. The second-order valence-electron chi connectivity index (χ2n) is 6.54. The average molecular weight is 633 g/mol. The summed E-state index contributed by atoms with van der Waals surface area (Å²) in [5.41, 5.74) is 5.92. The number of imidazole rings is 1. The molecule has 1 radical (unpaired) electrons. The van der Waals surface area contributed by atoms with Crippen LogP contribution < -0.4 is 31.2 Å². The SMILES string of the molecule is CC(=O)ON.Nc1ncnc2c1ncn2[C@@H]1O[C@H](COP(=O)([O-])OP(=O)([O-])OP(=O)([O-])[O-])[C@@H](O)[C@H]1O.[Mn+4]. The van der Waals surface area contributed by atoms with Gasteiger partial charge < -0.3 is 54.2 Å². The number of phosphoric acid groups is 3. The quantitative estimate of drug-likeness (QED) is 0.120. The molecule has 0 aromatic carbocycles. The van der Waals surface area contributed by atoms with E-state index in [1.165, 1.54) is 11.5 Å². The molecule has 0 amide bonds. The third kappa shape index (κ3) is 9.68. The number of ether oxygens (including phenoxy) is 1. The molecule has 6 atom stereocenters. The van der Waals surface area contributed by atoms with Gasteiger partial charge in [-0.05, 0) is 0 Å². The molecule has 0 bridgehead atoms.